The average molecular weight is 391 g/mol. The van der Waals surface area contributed by atoms with Crippen molar-refractivity contribution in [3.8, 4) is 11.4 Å². The smallest absolute Gasteiger partial charge is 0.325 e. The maximum absolute atomic E-state index is 12.9. The molecule has 4 amide bonds. The van der Waals surface area contributed by atoms with Gasteiger partial charge in [0.2, 0.25) is 11.7 Å². The summed E-state index contributed by atoms with van der Waals surface area (Å²) in [5.74, 6) is -0.603. The Morgan fingerprint density at radius 3 is 2.66 bits per heavy atom. The third kappa shape index (κ3) is 3.43. The highest BCUT2D eigenvalue weighted by molar-refractivity contribution is 6.10. The van der Waals surface area contributed by atoms with Crippen LogP contribution in [0.25, 0.3) is 11.4 Å². The lowest BCUT2D eigenvalue weighted by atomic mass is 9.92. The molecule has 146 valence electrons. The first-order chi connectivity index (χ1) is 14.0. The number of imide groups is 1. The lowest BCUT2D eigenvalue weighted by molar-refractivity contribution is -0.133. The summed E-state index contributed by atoms with van der Waals surface area (Å²) in [5.41, 5.74) is 0.574. The van der Waals surface area contributed by atoms with E-state index in [9.17, 15) is 14.4 Å². The van der Waals surface area contributed by atoms with E-state index in [2.05, 4.69) is 31.3 Å². The highest BCUT2D eigenvalue weighted by Crippen LogP contribution is 2.28. The van der Waals surface area contributed by atoms with Crippen molar-refractivity contribution < 1.29 is 14.4 Å². The van der Waals surface area contributed by atoms with Crippen molar-refractivity contribution in [3.05, 3.63) is 60.2 Å². The van der Waals surface area contributed by atoms with Gasteiger partial charge in [-0.2, -0.15) is 5.21 Å². The van der Waals surface area contributed by atoms with Crippen LogP contribution < -0.4 is 10.6 Å². The van der Waals surface area contributed by atoms with E-state index in [1.807, 2.05) is 6.07 Å². The number of urea groups is 1. The Balaban J connectivity index is 1.47. The molecule has 0 spiro atoms. The second kappa shape index (κ2) is 7.15. The molecule has 0 saturated carbocycles. The van der Waals surface area contributed by atoms with Gasteiger partial charge < -0.3 is 10.6 Å². The molecular formula is C19H17N7O3. The molecule has 1 fully saturated rings. The number of nitrogens with one attached hydrogen (secondary N) is 3. The number of aromatic amines is 1. The molecule has 4 rings (SSSR count). The molecular weight excluding hydrogens is 374 g/mol. The van der Waals surface area contributed by atoms with Crippen molar-refractivity contribution in [2.24, 2.45) is 0 Å². The van der Waals surface area contributed by atoms with Gasteiger partial charge in [0.25, 0.3) is 5.91 Å². The minimum Gasteiger partial charge on any atom is -0.325 e. The molecule has 2 aromatic carbocycles. The third-order valence-corrected chi connectivity index (χ3v) is 4.68. The summed E-state index contributed by atoms with van der Waals surface area (Å²) in [4.78, 5) is 38.6. The van der Waals surface area contributed by atoms with Crippen molar-refractivity contribution >= 4 is 23.5 Å². The summed E-state index contributed by atoms with van der Waals surface area (Å²) in [6, 6.07) is 15.1. The number of nitrogens with zero attached hydrogens (tertiary/aromatic N) is 4. The summed E-state index contributed by atoms with van der Waals surface area (Å²) < 4.78 is 0. The van der Waals surface area contributed by atoms with Crippen LogP contribution in [0.3, 0.4) is 0 Å². The molecule has 1 atom stereocenters. The number of H-pyrrole nitrogens is 1. The van der Waals surface area contributed by atoms with E-state index in [4.69, 9.17) is 0 Å². The summed E-state index contributed by atoms with van der Waals surface area (Å²) in [7, 11) is 0. The minimum atomic E-state index is -1.21. The highest BCUT2D eigenvalue weighted by Gasteiger charge is 2.49. The summed E-state index contributed by atoms with van der Waals surface area (Å²) >= 11 is 0. The molecule has 1 aromatic heterocycles. The first-order valence-electron chi connectivity index (χ1n) is 8.81. The number of carbonyl (C=O) groups excluding carboxylic acids is 3. The summed E-state index contributed by atoms with van der Waals surface area (Å²) in [6.45, 7) is 1.22. The van der Waals surface area contributed by atoms with Crippen molar-refractivity contribution in [1.29, 1.82) is 0 Å². The molecule has 10 heteroatoms. The van der Waals surface area contributed by atoms with Crippen LogP contribution in [0.1, 0.15) is 12.5 Å². The highest BCUT2D eigenvalue weighted by atomic mass is 16.2. The third-order valence-electron chi connectivity index (χ3n) is 4.68. The quantitative estimate of drug-likeness (QED) is 0.561. The lowest BCUT2D eigenvalue weighted by Gasteiger charge is -2.22. The molecule has 0 bridgehead atoms. The fraction of sp³-hybridized carbons (Fsp3) is 0.158. The number of tetrazole rings is 1. The fourth-order valence-corrected chi connectivity index (χ4v) is 3.17. The van der Waals surface area contributed by atoms with Gasteiger partial charge in [-0.15, -0.1) is 10.2 Å². The zero-order valence-corrected chi connectivity index (χ0v) is 15.4. The largest absolute Gasteiger partial charge is 0.325 e. The molecule has 3 N–H and O–H groups in total. The van der Waals surface area contributed by atoms with E-state index in [1.54, 1.807) is 55.5 Å². The lowest BCUT2D eigenvalue weighted by Crippen LogP contribution is -2.42. The van der Waals surface area contributed by atoms with Crippen molar-refractivity contribution in [1.82, 2.24) is 30.8 Å². The number of hydrogen-bond acceptors (Lipinski definition) is 6. The fourth-order valence-electron chi connectivity index (χ4n) is 3.17. The van der Waals surface area contributed by atoms with Crippen LogP contribution in [0.2, 0.25) is 0 Å². The Labute approximate surface area is 165 Å². The van der Waals surface area contributed by atoms with Crippen LogP contribution in [0.4, 0.5) is 10.5 Å². The van der Waals surface area contributed by atoms with Gasteiger partial charge in [-0.25, -0.2) is 4.79 Å². The standard InChI is InChI=1S/C19H17N7O3/c1-19(13-7-3-2-4-8-13)17(28)26(18(29)21-19)11-15(27)20-14-9-5-6-12(10-14)16-22-24-25-23-16/h2-10H,11H2,1H3,(H,20,27)(H,21,29)(H,22,23,24,25)/t19-/m1/s1. The van der Waals surface area contributed by atoms with Crippen LogP contribution in [0.5, 0.6) is 0 Å². The molecule has 3 aromatic rings. The monoisotopic (exact) mass is 391 g/mol. The molecule has 0 aliphatic carbocycles. The Bertz CT molecular complexity index is 1070. The van der Waals surface area contributed by atoms with Crippen molar-refractivity contribution in [2.45, 2.75) is 12.5 Å². The van der Waals surface area contributed by atoms with E-state index in [0.717, 1.165) is 4.90 Å². The normalized spacial score (nSPS) is 18.6. The van der Waals surface area contributed by atoms with E-state index in [-0.39, 0.29) is 0 Å². The molecule has 1 aliphatic rings. The topological polar surface area (TPSA) is 133 Å². The Morgan fingerprint density at radius 1 is 1.14 bits per heavy atom. The number of hydrogen-bond donors (Lipinski definition) is 3. The maximum Gasteiger partial charge on any atom is 0.325 e. The van der Waals surface area contributed by atoms with Gasteiger partial charge in [-0.3, -0.25) is 14.5 Å². The van der Waals surface area contributed by atoms with Gasteiger partial charge in [-0.1, -0.05) is 42.5 Å². The molecule has 0 radical (unpaired) electrons. The van der Waals surface area contributed by atoms with Crippen LogP contribution >= 0.6 is 0 Å². The zero-order valence-electron chi connectivity index (χ0n) is 15.4. The van der Waals surface area contributed by atoms with Crippen LogP contribution in [0.15, 0.2) is 54.6 Å². The predicted octanol–water partition coefficient (Wildman–Crippen LogP) is 1.27. The first-order valence-corrected chi connectivity index (χ1v) is 8.81. The second-order valence-corrected chi connectivity index (χ2v) is 6.68. The molecule has 1 aliphatic heterocycles. The van der Waals surface area contributed by atoms with Crippen LogP contribution in [-0.4, -0.2) is 49.9 Å². The van der Waals surface area contributed by atoms with Gasteiger partial charge in [0, 0.05) is 11.3 Å². The number of carbonyl (C=O) groups is 3. The molecule has 10 nitrogen and oxygen atoms in total. The van der Waals surface area contributed by atoms with Gasteiger partial charge in [-0.05, 0) is 29.8 Å². The molecule has 1 saturated heterocycles. The zero-order chi connectivity index (χ0) is 20.4. The first kappa shape index (κ1) is 18.3. The van der Waals surface area contributed by atoms with Crippen molar-refractivity contribution in [3.63, 3.8) is 0 Å². The molecule has 2 heterocycles. The number of amides is 4. The average Bonchev–Trinajstić information content (AvgIpc) is 3.33. The van der Waals surface area contributed by atoms with Crippen LogP contribution in [-0.2, 0) is 15.1 Å². The molecule has 29 heavy (non-hydrogen) atoms. The Hall–Kier alpha value is -4.08. The van der Waals surface area contributed by atoms with E-state index < -0.39 is 29.9 Å². The summed E-state index contributed by atoms with van der Waals surface area (Å²) in [6.07, 6.45) is 0. The number of benzene rings is 2. The predicted molar refractivity (Wildman–Crippen MR) is 102 cm³/mol. The van der Waals surface area contributed by atoms with E-state index in [1.165, 1.54) is 0 Å². The Morgan fingerprint density at radius 2 is 1.93 bits per heavy atom. The second-order valence-electron chi connectivity index (χ2n) is 6.68. The minimum absolute atomic E-state index is 0.383. The van der Waals surface area contributed by atoms with Crippen LogP contribution in [0, 0.1) is 0 Å². The number of anilines is 1. The van der Waals surface area contributed by atoms with Gasteiger partial charge in [0.05, 0.1) is 0 Å². The molecule has 0 unspecified atom stereocenters. The van der Waals surface area contributed by atoms with Gasteiger partial charge in [0.1, 0.15) is 12.1 Å². The number of aromatic nitrogens is 4. The van der Waals surface area contributed by atoms with Gasteiger partial charge in [0.15, 0.2) is 0 Å². The Kier molecular flexibility index (Phi) is 4.51. The van der Waals surface area contributed by atoms with Gasteiger partial charge >= 0.3 is 6.03 Å². The van der Waals surface area contributed by atoms with E-state index >= 15 is 0 Å². The maximum atomic E-state index is 12.9. The van der Waals surface area contributed by atoms with E-state index in [0.29, 0.717) is 22.6 Å². The SMILES string of the molecule is C[C@]1(c2ccccc2)NC(=O)N(CC(=O)Nc2cccc(-c3nn[nH]n3)c2)C1=O. The number of rotatable bonds is 5. The summed E-state index contributed by atoms with van der Waals surface area (Å²) in [5, 5.41) is 19.0. The van der Waals surface area contributed by atoms with Crippen molar-refractivity contribution in [2.75, 3.05) is 11.9 Å².